The molecule has 1 aromatic heterocycles. The van der Waals surface area contributed by atoms with Gasteiger partial charge in [-0.05, 0) is 29.3 Å². The Morgan fingerprint density at radius 2 is 1.73 bits per heavy atom. The molecule has 2 aromatic carbocycles. The van der Waals surface area contributed by atoms with E-state index in [0.717, 1.165) is 22.4 Å². The highest BCUT2D eigenvalue weighted by molar-refractivity contribution is 8.00. The summed E-state index contributed by atoms with van der Waals surface area (Å²) in [5, 5.41) is 9.40. The molecule has 2 atom stereocenters. The smallest absolute Gasteiger partial charge is 0.118 e. The Kier molecular flexibility index (Phi) is 6.04. The first-order chi connectivity index (χ1) is 12.7. The van der Waals surface area contributed by atoms with E-state index in [1.165, 1.54) is 0 Å². The first kappa shape index (κ1) is 18.6. The number of benzene rings is 2. The maximum atomic E-state index is 9.40. The van der Waals surface area contributed by atoms with Crippen LogP contribution in [0.15, 0.2) is 77.6 Å². The number of ether oxygens (including phenoxy) is 1. The van der Waals surface area contributed by atoms with Gasteiger partial charge in [0, 0.05) is 17.4 Å². The SMILES string of the molecule is COc1ccc(C(SC[C@H](N)CO)(c2ccccc2)c2ccoc2)cc1. The molecule has 1 heterocycles. The van der Waals surface area contributed by atoms with E-state index in [1.54, 1.807) is 31.4 Å². The molecule has 0 bridgehead atoms. The highest BCUT2D eigenvalue weighted by Gasteiger charge is 2.38. The van der Waals surface area contributed by atoms with Crippen LogP contribution >= 0.6 is 11.8 Å². The average Bonchev–Trinajstić information content (AvgIpc) is 3.24. The van der Waals surface area contributed by atoms with Gasteiger partial charge in [0.15, 0.2) is 0 Å². The van der Waals surface area contributed by atoms with Gasteiger partial charge in [0.2, 0.25) is 0 Å². The number of thioether (sulfide) groups is 1. The number of hydrogen-bond acceptors (Lipinski definition) is 5. The van der Waals surface area contributed by atoms with Crippen molar-refractivity contribution in [3.8, 4) is 5.75 Å². The normalized spacial score (nSPS) is 14.6. The van der Waals surface area contributed by atoms with Crippen molar-refractivity contribution in [2.75, 3.05) is 19.5 Å². The van der Waals surface area contributed by atoms with E-state index in [1.807, 2.05) is 36.4 Å². The topological polar surface area (TPSA) is 68.6 Å². The van der Waals surface area contributed by atoms with Crippen molar-refractivity contribution in [3.05, 3.63) is 89.9 Å². The van der Waals surface area contributed by atoms with E-state index in [-0.39, 0.29) is 12.6 Å². The summed E-state index contributed by atoms with van der Waals surface area (Å²) >= 11 is 1.69. The molecule has 0 radical (unpaired) electrons. The molecule has 3 N–H and O–H groups in total. The van der Waals surface area contributed by atoms with Crippen molar-refractivity contribution in [3.63, 3.8) is 0 Å². The molecule has 4 nitrogen and oxygen atoms in total. The lowest BCUT2D eigenvalue weighted by Gasteiger charge is -2.34. The minimum Gasteiger partial charge on any atom is -0.497 e. The number of hydrogen-bond donors (Lipinski definition) is 2. The number of methoxy groups -OCH3 is 1. The van der Waals surface area contributed by atoms with E-state index in [0.29, 0.717) is 5.75 Å². The predicted octanol–water partition coefficient (Wildman–Crippen LogP) is 3.63. The van der Waals surface area contributed by atoms with E-state index < -0.39 is 4.75 Å². The average molecular weight is 369 g/mol. The number of rotatable bonds is 8. The maximum Gasteiger partial charge on any atom is 0.118 e. The second kappa shape index (κ2) is 8.45. The molecule has 0 aliphatic carbocycles. The molecule has 5 heteroatoms. The van der Waals surface area contributed by atoms with Crippen LogP contribution in [0, 0.1) is 0 Å². The second-order valence-electron chi connectivity index (χ2n) is 6.04. The largest absolute Gasteiger partial charge is 0.497 e. The fraction of sp³-hybridized carbons (Fsp3) is 0.238. The Bertz CT molecular complexity index is 790. The van der Waals surface area contributed by atoms with Gasteiger partial charge in [0.1, 0.15) is 5.75 Å². The first-order valence-corrected chi connectivity index (χ1v) is 9.42. The van der Waals surface area contributed by atoms with Gasteiger partial charge in [-0.1, -0.05) is 42.5 Å². The van der Waals surface area contributed by atoms with Crippen molar-refractivity contribution in [1.29, 1.82) is 0 Å². The van der Waals surface area contributed by atoms with Crippen LogP contribution < -0.4 is 10.5 Å². The molecule has 0 saturated heterocycles. The highest BCUT2D eigenvalue weighted by Crippen LogP contribution is 2.49. The maximum absolute atomic E-state index is 9.40. The zero-order valence-electron chi connectivity index (χ0n) is 14.7. The van der Waals surface area contributed by atoms with Crippen LogP contribution in [0.1, 0.15) is 16.7 Å². The molecular formula is C21H23NO3S. The van der Waals surface area contributed by atoms with Gasteiger partial charge in [-0.3, -0.25) is 0 Å². The fourth-order valence-corrected chi connectivity index (χ4v) is 4.46. The van der Waals surface area contributed by atoms with Gasteiger partial charge in [0.05, 0.1) is 31.0 Å². The van der Waals surface area contributed by atoms with Crippen LogP contribution in [0.3, 0.4) is 0 Å². The van der Waals surface area contributed by atoms with Crippen LogP contribution in [0.5, 0.6) is 5.75 Å². The van der Waals surface area contributed by atoms with Crippen LogP contribution in [0.25, 0.3) is 0 Å². The Hall–Kier alpha value is -2.21. The first-order valence-electron chi connectivity index (χ1n) is 8.44. The van der Waals surface area contributed by atoms with Gasteiger partial charge in [-0.15, -0.1) is 11.8 Å². The van der Waals surface area contributed by atoms with E-state index in [2.05, 4.69) is 24.3 Å². The van der Waals surface area contributed by atoms with Crippen molar-refractivity contribution in [2.24, 2.45) is 5.73 Å². The monoisotopic (exact) mass is 369 g/mol. The lowest BCUT2D eigenvalue weighted by molar-refractivity contribution is 0.275. The number of furan rings is 1. The summed E-state index contributed by atoms with van der Waals surface area (Å²) in [5.74, 6) is 1.41. The van der Waals surface area contributed by atoms with E-state index >= 15 is 0 Å². The van der Waals surface area contributed by atoms with Gasteiger partial charge in [-0.2, -0.15) is 0 Å². The second-order valence-corrected chi connectivity index (χ2v) is 7.28. The zero-order chi connectivity index (χ0) is 18.4. The third-order valence-electron chi connectivity index (χ3n) is 4.35. The third kappa shape index (κ3) is 3.65. The van der Waals surface area contributed by atoms with Crippen LogP contribution in [-0.4, -0.2) is 30.6 Å². The van der Waals surface area contributed by atoms with Crippen molar-refractivity contribution in [2.45, 2.75) is 10.8 Å². The standard InChI is InChI=1S/C21H23NO3S/c1-24-20-9-7-17(8-10-20)21(18-11-12-25-14-18,26-15-19(22)13-23)16-5-3-2-4-6-16/h2-12,14,19,23H,13,15,22H2,1H3/t19-,21?/m1/s1. The summed E-state index contributed by atoms with van der Waals surface area (Å²) in [4.78, 5) is 0. The molecule has 26 heavy (non-hydrogen) atoms. The van der Waals surface area contributed by atoms with Crippen molar-refractivity contribution in [1.82, 2.24) is 0 Å². The summed E-state index contributed by atoms with van der Waals surface area (Å²) in [6, 6.07) is 20.0. The summed E-state index contributed by atoms with van der Waals surface area (Å²) < 4.78 is 10.2. The Morgan fingerprint density at radius 3 is 2.31 bits per heavy atom. The molecule has 0 fully saturated rings. The molecule has 0 aliphatic rings. The van der Waals surface area contributed by atoms with Gasteiger partial charge in [0.25, 0.3) is 0 Å². The van der Waals surface area contributed by atoms with Gasteiger partial charge in [-0.25, -0.2) is 0 Å². The molecule has 1 unspecified atom stereocenters. The van der Waals surface area contributed by atoms with E-state index in [9.17, 15) is 5.11 Å². The Morgan fingerprint density at radius 1 is 1.04 bits per heavy atom. The summed E-state index contributed by atoms with van der Waals surface area (Å²) in [6.45, 7) is -0.0497. The molecule has 3 aromatic rings. The number of aliphatic hydroxyl groups excluding tert-OH is 1. The Labute approximate surface area is 158 Å². The molecule has 0 spiro atoms. The third-order valence-corrected chi connectivity index (χ3v) is 6.09. The molecule has 136 valence electrons. The molecule has 0 amide bonds. The molecular weight excluding hydrogens is 346 g/mol. The zero-order valence-corrected chi connectivity index (χ0v) is 15.5. The summed E-state index contributed by atoms with van der Waals surface area (Å²) in [6.07, 6.45) is 3.46. The van der Waals surface area contributed by atoms with Crippen LogP contribution in [0.4, 0.5) is 0 Å². The molecule has 0 saturated carbocycles. The van der Waals surface area contributed by atoms with Gasteiger partial charge < -0.3 is 20.0 Å². The predicted molar refractivity (Wildman–Crippen MR) is 106 cm³/mol. The minimum absolute atomic E-state index is 0.0497. The fourth-order valence-electron chi connectivity index (χ4n) is 3.00. The van der Waals surface area contributed by atoms with Crippen LogP contribution in [0.2, 0.25) is 0 Å². The number of nitrogens with two attached hydrogens (primary N) is 1. The minimum atomic E-state index is -0.493. The lowest BCUT2D eigenvalue weighted by atomic mass is 9.85. The van der Waals surface area contributed by atoms with Crippen molar-refractivity contribution < 1.29 is 14.3 Å². The lowest BCUT2D eigenvalue weighted by Crippen LogP contribution is -2.32. The summed E-state index contributed by atoms with van der Waals surface area (Å²) in [7, 11) is 1.66. The molecule has 0 aliphatic heterocycles. The number of aliphatic hydroxyl groups is 1. The quantitative estimate of drug-likeness (QED) is 0.635. The van der Waals surface area contributed by atoms with Gasteiger partial charge >= 0.3 is 0 Å². The Balaban J connectivity index is 2.16. The summed E-state index contributed by atoms with van der Waals surface area (Å²) in [5.41, 5.74) is 9.28. The molecule has 3 rings (SSSR count). The van der Waals surface area contributed by atoms with E-state index in [4.69, 9.17) is 14.9 Å². The highest BCUT2D eigenvalue weighted by atomic mass is 32.2. The van der Waals surface area contributed by atoms with Crippen LogP contribution in [-0.2, 0) is 4.75 Å². The van der Waals surface area contributed by atoms with Crippen molar-refractivity contribution >= 4 is 11.8 Å².